The van der Waals surface area contributed by atoms with Crippen molar-refractivity contribution in [3.63, 3.8) is 0 Å². The Labute approximate surface area is 113 Å². The van der Waals surface area contributed by atoms with E-state index in [0.29, 0.717) is 24.6 Å². The summed E-state index contributed by atoms with van der Waals surface area (Å²) in [5.74, 6) is -0.0718. The zero-order chi connectivity index (χ0) is 13.7. The van der Waals surface area contributed by atoms with E-state index < -0.39 is 0 Å². The second-order valence-corrected chi connectivity index (χ2v) is 5.22. The monoisotopic (exact) mass is 264 g/mol. The van der Waals surface area contributed by atoms with E-state index >= 15 is 0 Å². The molecule has 1 aliphatic heterocycles. The molecule has 19 heavy (non-hydrogen) atoms. The summed E-state index contributed by atoms with van der Waals surface area (Å²) in [5.41, 5.74) is 0.651. The molecule has 1 aromatic carbocycles. The van der Waals surface area contributed by atoms with E-state index in [9.17, 15) is 9.18 Å². The van der Waals surface area contributed by atoms with Crippen LogP contribution in [0.5, 0.6) is 0 Å². The van der Waals surface area contributed by atoms with Gasteiger partial charge in [0.1, 0.15) is 5.82 Å². The standard InChI is InChI=1S/C15H21FN2O/c1-11-6-7-13(10-18-11)15(19)17-9-8-12-4-2-3-5-14(12)16/h2-5,11,13,18H,6-10H2,1H3,(H,17,19). The Balaban J connectivity index is 1.74. The fourth-order valence-electron chi connectivity index (χ4n) is 2.39. The molecule has 0 saturated carbocycles. The minimum atomic E-state index is -0.204. The molecule has 1 saturated heterocycles. The third kappa shape index (κ3) is 4.03. The highest BCUT2D eigenvalue weighted by Crippen LogP contribution is 2.14. The molecule has 0 spiro atoms. The molecular formula is C15H21FN2O. The van der Waals surface area contributed by atoms with Crippen molar-refractivity contribution in [3.8, 4) is 0 Å². The summed E-state index contributed by atoms with van der Waals surface area (Å²) in [6.07, 6.45) is 2.50. The van der Waals surface area contributed by atoms with Crippen LogP contribution in [0.4, 0.5) is 4.39 Å². The maximum atomic E-state index is 13.4. The van der Waals surface area contributed by atoms with E-state index in [0.717, 1.165) is 19.4 Å². The molecule has 2 rings (SSSR count). The van der Waals surface area contributed by atoms with Crippen molar-refractivity contribution < 1.29 is 9.18 Å². The van der Waals surface area contributed by atoms with Crippen LogP contribution in [0.2, 0.25) is 0 Å². The van der Waals surface area contributed by atoms with Crippen LogP contribution >= 0.6 is 0 Å². The second kappa shape index (κ2) is 6.66. The van der Waals surface area contributed by atoms with Gasteiger partial charge >= 0.3 is 0 Å². The highest BCUT2D eigenvalue weighted by atomic mass is 19.1. The fourth-order valence-corrected chi connectivity index (χ4v) is 2.39. The molecule has 2 atom stereocenters. The quantitative estimate of drug-likeness (QED) is 0.871. The summed E-state index contributed by atoms with van der Waals surface area (Å²) in [6.45, 7) is 3.37. The Bertz CT molecular complexity index is 428. The molecule has 2 unspecified atom stereocenters. The molecule has 4 heteroatoms. The average Bonchev–Trinajstić information content (AvgIpc) is 2.41. The van der Waals surface area contributed by atoms with E-state index in [1.807, 2.05) is 6.07 Å². The normalized spacial score (nSPS) is 23.1. The van der Waals surface area contributed by atoms with Crippen LogP contribution in [0.1, 0.15) is 25.3 Å². The highest BCUT2D eigenvalue weighted by molar-refractivity contribution is 5.79. The van der Waals surface area contributed by atoms with Crippen molar-refractivity contribution in [2.24, 2.45) is 5.92 Å². The summed E-state index contributed by atoms with van der Waals surface area (Å²) in [7, 11) is 0. The average molecular weight is 264 g/mol. The molecular weight excluding hydrogens is 243 g/mol. The van der Waals surface area contributed by atoms with Gasteiger partial charge in [-0.05, 0) is 37.8 Å². The number of hydrogen-bond acceptors (Lipinski definition) is 2. The summed E-state index contributed by atoms with van der Waals surface area (Å²) in [6, 6.07) is 7.19. The van der Waals surface area contributed by atoms with Crippen molar-refractivity contribution in [3.05, 3.63) is 35.6 Å². The summed E-state index contributed by atoms with van der Waals surface area (Å²) >= 11 is 0. The number of nitrogens with one attached hydrogen (secondary N) is 2. The minimum Gasteiger partial charge on any atom is -0.355 e. The summed E-state index contributed by atoms with van der Waals surface area (Å²) in [5, 5.41) is 6.21. The van der Waals surface area contributed by atoms with Gasteiger partial charge in [-0.3, -0.25) is 4.79 Å². The van der Waals surface area contributed by atoms with Crippen molar-refractivity contribution in [2.45, 2.75) is 32.2 Å². The largest absolute Gasteiger partial charge is 0.355 e. The molecule has 1 aromatic rings. The lowest BCUT2D eigenvalue weighted by molar-refractivity contribution is -0.125. The van der Waals surface area contributed by atoms with Crippen LogP contribution < -0.4 is 10.6 Å². The second-order valence-electron chi connectivity index (χ2n) is 5.22. The van der Waals surface area contributed by atoms with Crippen LogP contribution in [0, 0.1) is 11.7 Å². The molecule has 0 bridgehead atoms. The van der Waals surface area contributed by atoms with Gasteiger partial charge in [0.2, 0.25) is 5.91 Å². The van der Waals surface area contributed by atoms with Crippen molar-refractivity contribution in [1.29, 1.82) is 0 Å². The van der Waals surface area contributed by atoms with Crippen LogP contribution in [-0.2, 0) is 11.2 Å². The van der Waals surface area contributed by atoms with Gasteiger partial charge in [0.15, 0.2) is 0 Å². The first-order valence-electron chi connectivity index (χ1n) is 6.91. The summed E-state index contributed by atoms with van der Waals surface area (Å²) < 4.78 is 13.4. The van der Waals surface area contributed by atoms with E-state index in [2.05, 4.69) is 17.6 Å². The van der Waals surface area contributed by atoms with Gasteiger partial charge in [-0.1, -0.05) is 18.2 Å². The molecule has 1 heterocycles. The Kier molecular flexibility index (Phi) is 4.91. The molecule has 0 radical (unpaired) electrons. The first kappa shape index (κ1) is 14.0. The SMILES string of the molecule is CC1CCC(C(=O)NCCc2ccccc2F)CN1. The molecule has 0 aromatic heterocycles. The zero-order valence-electron chi connectivity index (χ0n) is 11.3. The molecule has 3 nitrogen and oxygen atoms in total. The van der Waals surface area contributed by atoms with Crippen LogP contribution in [0.15, 0.2) is 24.3 Å². The number of halogens is 1. The number of amides is 1. The minimum absolute atomic E-state index is 0.0526. The maximum absolute atomic E-state index is 13.4. The molecule has 1 aliphatic rings. The van der Waals surface area contributed by atoms with Gasteiger partial charge in [-0.15, -0.1) is 0 Å². The third-order valence-electron chi connectivity index (χ3n) is 3.68. The van der Waals surface area contributed by atoms with Gasteiger partial charge in [-0.2, -0.15) is 0 Å². The molecule has 0 aliphatic carbocycles. The fraction of sp³-hybridized carbons (Fsp3) is 0.533. The van der Waals surface area contributed by atoms with Crippen molar-refractivity contribution >= 4 is 5.91 Å². The van der Waals surface area contributed by atoms with Crippen molar-refractivity contribution in [1.82, 2.24) is 10.6 Å². The first-order valence-corrected chi connectivity index (χ1v) is 6.91. The lowest BCUT2D eigenvalue weighted by atomic mass is 9.95. The first-order chi connectivity index (χ1) is 9.16. The van der Waals surface area contributed by atoms with Gasteiger partial charge in [-0.25, -0.2) is 4.39 Å². The topological polar surface area (TPSA) is 41.1 Å². The number of carbonyl (C=O) groups is 1. The van der Waals surface area contributed by atoms with Crippen LogP contribution in [0.25, 0.3) is 0 Å². The number of carbonyl (C=O) groups excluding carboxylic acids is 1. The van der Waals surface area contributed by atoms with E-state index in [4.69, 9.17) is 0 Å². The number of hydrogen-bond donors (Lipinski definition) is 2. The van der Waals surface area contributed by atoms with Gasteiger partial charge in [0, 0.05) is 19.1 Å². The number of piperidine rings is 1. The van der Waals surface area contributed by atoms with E-state index in [1.165, 1.54) is 6.07 Å². The predicted molar refractivity (Wildman–Crippen MR) is 73.3 cm³/mol. The third-order valence-corrected chi connectivity index (χ3v) is 3.68. The lowest BCUT2D eigenvalue weighted by Crippen LogP contribution is -2.44. The Morgan fingerprint density at radius 1 is 1.42 bits per heavy atom. The summed E-state index contributed by atoms with van der Waals surface area (Å²) in [4.78, 5) is 11.9. The van der Waals surface area contributed by atoms with Gasteiger partial charge in [0.25, 0.3) is 0 Å². The Hall–Kier alpha value is -1.42. The molecule has 1 fully saturated rings. The van der Waals surface area contributed by atoms with Crippen molar-refractivity contribution in [2.75, 3.05) is 13.1 Å². The van der Waals surface area contributed by atoms with E-state index in [1.54, 1.807) is 12.1 Å². The van der Waals surface area contributed by atoms with Crippen LogP contribution in [-0.4, -0.2) is 25.0 Å². The zero-order valence-corrected chi connectivity index (χ0v) is 11.3. The smallest absolute Gasteiger partial charge is 0.224 e. The number of rotatable bonds is 4. The van der Waals surface area contributed by atoms with Gasteiger partial charge in [0.05, 0.1) is 5.92 Å². The lowest BCUT2D eigenvalue weighted by Gasteiger charge is -2.26. The Morgan fingerprint density at radius 3 is 2.89 bits per heavy atom. The molecule has 2 N–H and O–H groups in total. The number of benzene rings is 1. The maximum Gasteiger partial charge on any atom is 0.224 e. The molecule has 1 amide bonds. The van der Waals surface area contributed by atoms with Crippen LogP contribution in [0.3, 0.4) is 0 Å². The molecule has 104 valence electrons. The predicted octanol–water partition coefficient (Wildman–Crippen LogP) is 1.87. The highest BCUT2D eigenvalue weighted by Gasteiger charge is 2.23. The Morgan fingerprint density at radius 2 is 2.21 bits per heavy atom. The van der Waals surface area contributed by atoms with E-state index in [-0.39, 0.29) is 17.6 Å². The van der Waals surface area contributed by atoms with Gasteiger partial charge < -0.3 is 10.6 Å².